The van der Waals surface area contributed by atoms with Crippen molar-refractivity contribution in [3.05, 3.63) is 0 Å². The van der Waals surface area contributed by atoms with Crippen LogP contribution in [-0.2, 0) is 4.79 Å². The van der Waals surface area contributed by atoms with Crippen LogP contribution in [0, 0.1) is 5.92 Å². The quantitative estimate of drug-likeness (QED) is 0.631. The van der Waals surface area contributed by atoms with Crippen LogP contribution in [-0.4, -0.2) is 28.2 Å². The molecular weight excluding hydrogens is 218 g/mol. The van der Waals surface area contributed by atoms with Crippen molar-refractivity contribution < 1.29 is 4.79 Å². The molecule has 2 nitrogen and oxygen atoms in total. The molecule has 12 heavy (non-hydrogen) atoms. The third kappa shape index (κ3) is 1.28. The number of likely N-dealkylation sites (tertiary alicyclic amines) is 1. The van der Waals surface area contributed by atoms with E-state index in [4.69, 9.17) is 0 Å². The van der Waals surface area contributed by atoms with Crippen molar-refractivity contribution in [2.45, 2.75) is 37.1 Å². The Bertz CT molecular complexity index is 205. The van der Waals surface area contributed by atoms with Gasteiger partial charge in [0.15, 0.2) is 0 Å². The Balaban J connectivity index is 2.02. The molecule has 2 rings (SSSR count). The summed E-state index contributed by atoms with van der Waals surface area (Å²) in [5, 5.41) is 0. The molecule has 2 bridgehead atoms. The highest BCUT2D eigenvalue weighted by atomic mass is 79.9. The van der Waals surface area contributed by atoms with Crippen LogP contribution >= 0.6 is 15.9 Å². The van der Waals surface area contributed by atoms with Crippen LogP contribution in [0.5, 0.6) is 0 Å². The minimum atomic E-state index is -0.00292. The summed E-state index contributed by atoms with van der Waals surface area (Å²) in [4.78, 5) is 13.7. The summed E-state index contributed by atoms with van der Waals surface area (Å²) in [5.74, 6) is 1.09. The third-order valence-electron chi connectivity index (χ3n) is 3.03. The molecule has 2 fully saturated rings. The minimum absolute atomic E-state index is 0.00292. The molecule has 2 aliphatic rings. The van der Waals surface area contributed by atoms with Crippen molar-refractivity contribution in [1.82, 2.24) is 4.90 Å². The van der Waals surface area contributed by atoms with Crippen LogP contribution in [0.1, 0.15) is 26.2 Å². The van der Waals surface area contributed by atoms with E-state index in [0.717, 1.165) is 12.5 Å². The summed E-state index contributed by atoms with van der Waals surface area (Å²) in [6.07, 6.45) is 3.83. The van der Waals surface area contributed by atoms with Gasteiger partial charge in [0.05, 0.1) is 4.83 Å². The lowest BCUT2D eigenvalue weighted by atomic mass is 10.1. The predicted octanol–water partition coefficient (Wildman–Crippen LogP) is 1.78. The summed E-state index contributed by atoms with van der Waals surface area (Å²) in [5.41, 5.74) is 0. The number of rotatable bonds is 1. The zero-order chi connectivity index (χ0) is 8.72. The SMILES string of the molecule is CC(Br)C(=O)N1CC2CCC1C2. The van der Waals surface area contributed by atoms with Gasteiger partial charge in [-0.25, -0.2) is 0 Å². The van der Waals surface area contributed by atoms with Crippen LogP contribution in [0.3, 0.4) is 0 Å². The van der Waals surface area contributed by atoms with E-state index in [2.05, 4.69) is 20.8 Å². The Hall–Kier alpha value is -0.0500. The van der Waals surface area contributed by atoms with E-state index in [1.165, 1.54) is 19.3 Å². The lowest BCUT2D eigenvalue weighted by Gasteiger charge is -2.27. The number of amides is 1. The van der Waals surface area contributed by atoms with Gasteiger partial charge in [-0.3, -0.25) is 4.79 Å². The molecule has 1 amide bonds. The molecule has 0 aromatic rings. The summed E-state index contributed by atoms with van der Waals surface area (Å²) in [6.45, 7) is 2.92. The number of piperidine rings is 1. The Morgan fingerprint density at radius 2 is 2.33 bits per heavy atom. The molecule has 1 heterocycles. The van der Waals surface area contributed by atoms with Crippen molar-refractivity contribution in [2.75, 3.05) is 6.54 Å². The van der Waals surface area contributed by atoms with Crippen molar-refractivity contribution >= 4 is 21.8 Å². The minimum Gasteiger partial charge on any atom is -0.338 e. The van der Waals surface area contributed by atoms with Crippen LogP contribution in [0.25, 0.3) is 0 Å². The van der Waals surface area contributed by atoms with E-state index in [-0.39, 0.29) is 10.7 Å². The number of hydrogen-bond donors (Lipinski definition) is 0. The molecule has 0 radical (unpaired) electrons. The van der Waals surface area contributed by atoms with Crippen molar-refractivity contribution in [2.24, 2.45) is 5.92 Å². The second-order valence-electron chi connectivity index (χ2n) is 3.94. The summed E-state index contributed by atoms with van der Waals surface area (Å²) in [6, 6.07) is 0.572. The van der Waals surface area contributed by atoms with E-state index in [9.17, 15) is 4.79 Å². The average molecular weight is 232 g/mol. The molecule has 0 aromatic carbocycles. The monoisotopic (exact) mass is 231 g/mol. The molecule has 0 aromatic heterocycles. The first-order chi connectivity index (χ1) is 5.68. The third-order valence-corrected chi connectivity index (χ3v) is 3.42. The number of carbonyl (C=O) groups excluding carboxylic acids is 1. The van der Waals surface area contributed by atoms with E-state index in [0.29, 0.717) is 6.04 Å². The van der Waals surface area contributed by atoms with Crippen molar-refractivity contribution in [3.8, 4) is 0 Å². The molecule has 1 saturated carbocycles. The Labute approximate surface area is 81.4 Å². The van der Waals surface area contributed by atoms with Gasteiger partial charge in [-0.1, -0.05) is 15.9 Å². The Kier molecular flexibility index (Phi) is 2.15. The smallest absolute Gasteiger partial charge is 0.236 e. The fourth-order valence-corrected chi connectivity index (χ4v) is 2.69. The second kappa shape index (κ2) is 3.02. The van der Waals surface area contributed by atoms with E-state index in [1.54, 1.807) is 0 Å². The zero-order valence-corrected chi connectivity index (χ0v) is 8.88. The number of hydrogen-bond acceptors (Lipinski definition) is 1. The van der Waals surface area contributed by atoms with Gasteiger partial charge < -0.3 is 4.90 Å². The van der Waals surface area contributed by atoms with Gasteiger partial charge >= 0.3 is 0 Å². The molecule has 0 spiro atoms. The molecule has 3 atom stereocenters. The lowest BCUT2D eigenvalue weighted by molar-refractivity contribution is -0.131. The predicted molar refractivity (Wildman–Crippen MR) is 51.2 cm³/mol. The first kappa shape index (κ1) is 8.54. The summed E-state index contributed by atoms with van der Waals surface area (Å²) < 4.78 is 0. The summed E-state index contributed by atoms with van der Waals surface area (Å²) >= 11 is 3.33. The van der Waals surface area contributed by atoms with Crippen molar-refractivity contribution in [1.29, 1.82) is 0 Å². The first-order valence-corrected chi connectivity index (χ1v) is 5.54. The van der Waals surface area contributed by atoms with Gasteiger partial charge in [0.25, 0.3) is 0 Å². The topological polar surface area (TPSA) is 20.3 Å². The zero-order valence-electron chi connectivity index (χ0n) is 7.29. The standard InChI is InChI=1S/C9H14BrNO/c1-6(10)9(12)11-5-7-2-3-8(11)4-7/h6-8H,2-5H2,1H3. The van der Waals surface area contributed by atoms with Gasteiger partial charge in [-0.2, -0.15) is 0 Å². The van der Waals surface area contributed by atoms with Crippen molar-refractivity contribution in [3.63, 3.8) is 0 Å². The number of nitrogens with zero attached hydrogens (tertiary/aromatic N) is 1. The molecule has 3 heteroatoms. The maximum Gasteiger partial charge on any atom is 0.236 e. The molecular formula is C9H14BrNO. The molecule has 0 N–H and O–H groups in total. The van der Waals surface area contributed by atoms with Gasteiger partial charge in [0, 0.05) is 12.6 Å². The van der Waals surface area contributed by atoms with Crippen LogP contribution in [0.2, 0.25) is 0 Å². The number of carbonyl (C=O) groups is 1. The summed E-state index contributed by atoms with van der Waals surface area (Å²) in [7, 11) is 0. The molecule has 3 unspecified atom stereocenters. The number of alkyl halides is 1. The fraction of sp³-hybridized carbons (Fsp3) is 0.889. The average Bonchev–Trinajstić information content (AvgIpc) is 2.62. The van der Waals surface area contributed by atoms with Crippen LogP contribution in [0.15, 0.2) is 0 Å². The number of fused-ring (bicyclic) bond motifs is 2. The van der Waals surface area contributed by atoms with Gasteiger partial charge in [-0.05, 0) is 32.1 Å². The Morgan fingerprint density at radius 3 is 2.75 bits per heavy atom. The first-order valence-electron chi connectivity index (χ1n) is 4.63. The van der Waals surface area contributed by atoms with E-state index in [1.807, 2.05) is 6.92 Å². The van der Waals surface area contributed by atoms with E-state index >= 15 is 0 Å². The molecule has 68 valence electrons. The molecule has 1 aliphatic carbocycles. The van der Waals surface area contributed by atoms with E-state index < -0.39 is 0 Å². The molecule has 1 saturated heterocycles. The Morgan fingerprint density at radius 1 is 1.58 bits per heavy atom. The normalized spacial score (nSPS) is 35.7. The highest BCUT2D eigenvalue weighted by molar-refractivity contribution is 9.10. The number of halogens is 1. The lowest BCUT2D eigenvalue weighted by Crippen LogP contribution is -2.40. The van der Waals surface area contributed by atoms with Crippen LogP contribution < -0.4 is 0 Å². The second-order valence-corrected chi connectivity index (χ2v) is 5.31. The maximum atomic E-state index is 11.6. The van der Waals surface area contributed by atoms with Crippen LogP contribution in [0.4, 0.5) is 0 Å². The van der Waals surface area contributed by atoms with Gasteiger partial charge in [0.2, 0.25) is 5.91 Å². The highest BCUT2D eigenvalue weighted by Crippen LogP contribution is 2.37. The fourth-order valence-electron chi connectivity index (χ4n) is 2.42. The van der Waals surface area contributed by atoms with Gasteiger partial charge in [0.1, 0.15) is 0 Å². The van der Waals surface area contributed by atoms with Gasteiger partial charge in [-0.15, -0.1) is 0 Å². The molecule has 1 aliphatic heterocycles. The highest BCUT2D eigenvalue weighted by Gasteiger charge is 2.40. The largest absolute Gasteiger partial charge is 0.338 e. The maximum absolute atomic E-state index is 11.6.